The number of anilines is 1. The fourth-order valence-electron chi connectivity index (χ4n) is 2.48. The summed E-state index contributed by atoms with van der Waals surface area (Å²) >= 11 is 0. The minimum absolute atomic E-state index is 0.217. The Bertz CT molecular complexity index is 1070. The van der Waals surface area contributed by atoms with Gasteiger partial charge in [-0.3, -0.25) is 4.79 Å². The Morgan fingerprint density at radius 1 is 1.11 bits per heavy atom. The highest BCUT2D eigenvalue weighted by molar-refractivity contribution is 6.04. The normalized spacial score (nSPS) is 11.1. The molecule has 0 spiro atoms. The Balaban J connectivity index is 1.89. The lowest BCUT2D eigenvalue weighted by Crippen LogP contribution is -2.19. The Morgan fingerprint density at radius 2 is 1.75 bits per heavy atom. The molecule has 1 amide bonds. The second-order valence-electron chi connectivity index (χ2n) is 5.54. The summed E-state index contributed by atoms with van der Waals surface area (Å²) in [7, 11) is 0. The summed E-state index contributed by atoms with van der Waals surface area (Å²) in [5, 5.41) is 14.6. The summed E-state index contributed by atoms with van der Waals surface area (Å²) in [5.41, 5.74) is -2.59. The van der Waals surface area contributed by atoms with Gasteiger partial charge in [0.2, 0.25) is 0 Å². The van der Waals surface area contributed by atoms with Crippen LogP contribution >= 0.6 is 0 Å². The quantitative estimate of drug-likeness (QED) is 0.676. The van der Waals surface area contributed by atoms with E-state index in [-0.39, 0.29) is 11.4 Å². The van der Waals surface area contributed by atoms with Crippen molar-refractivity contribution in [3.8, 4) is 11.8 Å². The standard InChI is InChI=1S/C18H9F5N4O/c19-13-7-10(9-24)8-14(20)16(13)27-6-5-15(26-27)25-17(28)11-3-1-2-4-12(11)18(21,22)23/h1-8H,(H,25,26,28). The van der Waals surface area contributed by atoms with Gasteiger partial charge in [-0.25, -0.2) is 13.5 Å². The first kappa shape index (κ1) is 19.0. The van der Waals surface area contributed by atoms with Crippen LogP contribution in [-0.2, 0) is 6.18 Å². The molecule has 2 aromatic carbocycles. The number of carbonyl (C=O) groups is 1. The third kappa shape index (κ3) is 3.68. The fraction of sp³-hybridized carbons (Fsp3) is 0.0556. The van der Waals surface area contributed by atoms with E-state index in [0.717, 1.165) is 47.3 Å². The molecule has 0 radical (unpaired) electrons. The number of hydrogen-bond donors (Lipinski definition) is 1. The van der Waals surface area contributed by atoms with E-state index in [2.05, 4.69) is 10.4 Å². The van der Waals surface area contributed by atoms with Crippen molar-refractivity contribution < 1.29 is 26.7 Å². The number of hydrogen-bond acceptors (Lipinski definition) is 3. The maximum absolute atomic E-state index is 14.0. The zero-order valence-electron chi connectivity index (χ0n) is 13.8. The number of alkyl halides is 3. The van der Waals surface area contributed by atoms with Crippen molar-refractivity contribution in [3.63, 3.8) is 0 Å². The number of aromatic nitrogens is 2. The Morgan fingerprint density at radius 3 is 2.36 bits per heavy atom. The van der Waals surface area contributed by atoms with E-state index in [0.29, 0.717) is 0 Å². The van der Waals surface area contributed by atoms with Crippen LogP contribution in [0.3, 0.4) is 0 Å². The minimum atomic E-state index is -4.73. The van der Waals surface area contributed by atoms with Gasteiger partial charge in [0.1, 0.15) is 5.69 Å². The average molecular weight is 392 g/mol. The number of amides is 1. The molecule has 10 heteroatoms. The lowest BCUT2D eigenvalue weighted by atomic mass is 10.1. The molecule has 0 atom stereocenters. The van der Waals surface area contributed by atoms with Gasteiger partial charge in [0, 0.05) is 12.3 Å². The van der Waals surface area contributed by atoms with Crippen LogP contribution in [0, 0.1) is 23.0 Å². The van der Waals surface area contributed by atoms with Crippen LogP contribution in [0.15, 0.2) is 48.7 Å². The number of nitrogens with one attached hydrogen (secondary N) is 1. The number of nitriles is 1. The second kappa shape index (κ2) is 7.11. The lowest BCUT2D eigenvalue weighted by Gasteiger charge is -2.11. The Kier molecular flexibility index (Phi) is 4.83. The molecule has 1 heterocycles. The van der Waals surface area contributed by atoms with Gasteiger partial charge >= 0.3 is 6.18 Å². The van der Waals surface area contributed by atoms with E-state index in [1.165, 1.54) is 6.07 Å². The molecule has 0 aliphatic rings. The first-order valence-corrected chi connectivity index (χ1v) is 7.63. The van der Waals surface area contributed by atoms with Gasteiger partial charge in [-0.2, -0.15) is 18.4 Å². The molecule has 1 N–H and O–H groups in total. The van der Waals surface area contributed by atoms with Crippen LogP contribution in [0.4, 0.5) is 27.8 Å². The van der Waals surface area contributed by atoms with Gasteiger partial charge in [-0.15, -0.1) is 5.10 Å². The monoisotopic (exact) mass is 392 g/mol. The number of rotatable bonds is 3. The summed E-state index contributed by atoms with van der Waals surface area (Å²) in [6.45, 7) is 0. The predicted molar refractivity (Wildman–Crippen MR) is 87.6 cm³/mol. The van der Waals surface area contributed by atoms with Crippen LogP contribution in [0.25, 0.3) is 5.69 Å². The van der Waals surface area contributed by atoms with E-state index < -0.39 is 40.5 Å². The molecular formula is C18H9F5N4O. The van der Waals surface area contributed by atoms with Crippen molar-refractivity contribution in [1.29, 1.82) is 5.26 Å². The van der Waals surface area contributed by atoms with E-state index in [9.17, 15) is 26.7 Å². The number of nitrogens with zero attached hydrogens (tertiary/aromatic N) is 3. The van der Waals surface area contributed by atoms with Gasteiger partial charge in [0.25, 0.3) is 5.91 Å². The topological polar surface area (TPSA) is 70.7 Å². The van der Waals surface area contributed by atoms with Crippen molar-refractivity contribution in [1.82, 2.24) is 9.78 Å². The van der Waals surface area contributed by atoms with Gasteiger partial charge in [0.05, 0.1) is 22.8 Å². The minimum Gasteiger partial charge on any atom is -0.305 e. The van der Waals surface area contributed by atoms with Crippen molar-refractivity contribution >= 4 is 11.7 Å². The van der Waals surface area contributed by atoms with Crippen molar-refractivity contribution in [3.05, 3.63) is 77.0 Å². The Hall–Kier alpha value is -3.74. The highest BCUT2D eigenvalue weighted by atomic mass is 19.4. The molecule has 0 aliphatic heterocycles. The molecule has 142 valence electrons. The maximum Gasteiger partial charge on any atom is 0.417 e. The highest BCUT2D eigenvalue weighted by Crippen LogP contribution is 2.32. The van der Waals surface area contributed by atoms with E-state index >= 15 is 0 Å². The van der Waals surface area contributed by atoms with Gasteiger partial charge < -0.3 is 5.32 Å². The van der Waals surface area contributed by atoms with Crippen molar-refractivity contribution in [2.24, 2.45) is 0 Å². The molecule has 3 aromatic rings. The Labute approximate surface area is 154 Å². The molecule has 0 unspecified atom stereocenters. The third-order valence-electron chi connectivity index (χ3n) is 3.68. The number of benzene rings is 2. The van der Waals surface area contributed by atoms with Crippen molar-refractivity contribution in [2.75, 3.05) is 5.32 Å². The predicted octanol–water partition coefficient (Wildman–Crippen LogP) is 4.29. The molecular weight excluding hydrogens is 383 g/mol. The van der Waals surface area contributed by atoms with Gasteiger partial charge in [-0.1, -0.05) is 12.1 Å². The van der Waals surface area contributed by atoms with Crippen LogP contribution in [0.1, 0.15) is 21.5 Å². The van der Waals surface area contributed by atoms with Crippen LogP contribution in [0.5, 0.6) is 0 Å². The van der Waals surface area contributed by atoms with Crippen LogP contribution in [0.2, 0.25) is 0 Å². The largest absolute Gasteiger partial charge is 0.417 e. The van der Waals surface area contributed by atoms with E-state index in [1.54, 1.807) is 6.07 Å². The molecule has 0 bridgehead atoms. The van der Waals surface area contributed by atoms with Gasteiger partial charge in [-0.05, 0) is 24.3 Å². The van der Waals surface area contributed by atoms with Gasteiger partial charge in [0.15, 0.2) is 17.5 Å². The highest BCUT2D eigenvalue weighted by Gasteiger charge is 2.35. The van der Waals surface area contributed by atoms with E-state index in [1.807, 2.05) is 0 Å². The first-order chi connectivity index (χ1) is 13.2. The zero-order valence-corrected chi connectivity index (χ0v) is 13.8. The molecule has 0 aliphatic carbocycles. The lowest BCUT2D eigenvalue weighted by molar-refractivity contribution is -0.137. The molecule has 0 fully saturated rings. The summed E-state index contributed by atoms with van der Waals surface area (Å²) in [4.78, 5) is 12.2. The number of halogens is 5. The molecule has 0 saturated carbocycles. The van der Waals surface area contributed by atoms with Crippen LogP contribution < -0.4 is 5.32 Å². The fourth-order valence-corrected chi connectivity index (χ4v) is 2.48. The first-order valence-electron chi connectivity index (χ1n) is 7.63. The summed E-state index contributed by atoms with van der Waals surface area (Å²) in [5.74, 6) is -3.44. The SMILES string of the molecule is N#Cc1cc(F)c(-n2ccc(NC(=O)c3ccccc3C(F)(F)F)n2)c(F)c1. The second-order valence-corrected chi connectivity index (χ2v) is 5.54. The molecule has 1 aromatic heterocycles. The molecule has 28 heavy (non-hydrogen) atoms. The summed E-state index contributed by atoms with van der Waals surface area (Å²) in [6, 6.07) is 8.53. The van der Waals surface area contributed by atoms with Crippen LogP contribution in [-0.4, -0.2) is 15.7 Å². The third-order valence-corrected chi connectivity index (χ3v) is 3.68. The van der Waals surface area contributed by atoms with Crippen molar-refractivity contribution in [2.45, 2.75) is 6.18 Å². The smallest absolute Gasteiger partial charge is 0.305 e. The maximum atomic E-state index is 14.0. The summed E-state index contributed by atoms with van der Waals surface area (Å²) < 4.78 is 67.9. The van der Waals surface area contributed by atoms with E-state index in [4.69, 9.17) is 5.26 Å². The summed E-state index contributed by atoms with van der Waals surface area (Å²) in [6.07, 6.45) is -3.62. The molecule has 5 nitrogen and oxygen atoms in total. The number of carbonyl (C=O) groups excluding carboxylic acids is 1. The average Bonchev–Trinajstić information content (AvgIpc) is 3.08. The molecule has 3 rings (SSSR count). The molecule has 0 saturated heterocycles. The zero-order chi connectivity index (χ0) is 20.5.